The molecule has 0 saturated carbocycles. The van der Waals surface area contributed by atoms with Crippen molar-refractivity contribution in [1.82, 2.24) is 15.1 Å². The average Bonchev–Trinajstić information content (AvgIpc) is 2.61. The fraction of sp³-hybridized carbons (Fsp3) is 0.600. The molecule has 0 aliphatic rings. The standard InChI is InChI=1S/C10H18N4O/c1-8(6-11)5-10(15)12-7-9-3-4-13-14(9)2/h3-4,8H,5-7,11H2,1-2H3,(H,12,15). The van der Waals surface area contributed by atoms with E-state index in [1.54, 1.807) is 10.9 Å². The highest BCUT2D eigenvalue weighted by atomic mass is 16.1. The Morgan fingerprint density at radius 1 is 1.73 bits per heavy atom. The first-order valence-corrected chi connectivity index (χ1v) is 5.07. The first-order chi connectivity index (χ1) is 7.13. The molecule has 1 amide bonds. The van der Waals surface area contributed by atoms with Crippen LogP contribution in [0.5, 0.6) is 0 Å². The van der Waals surface area contributed by atoms with Crippen LogP contribution in [0.2, 0.25) is 0 Å². The number of nitrogens with one attached hydrogen (secondary N) is 1. The number of amides is 1. The maximum absolute atomic E-state index is 11.4. The Bertz CT molecular complexity index is 321. The lowest BCUT2D eigenvalue weighted by atomic mass is 10.1. The molecule has 0 bridgehead atoms. The maximum Gasteiger partial charge on any atom is 0.220 e. The van der Waals surface area contributed by atoms with Crippen LogP contribution in [0.4, 0.5) is 0 Å². The molecule has 1 aromatic rings. The van der Waals surface area contributed by atoms with E-state index < -0.39 is 0 Å². The Morgan fingerprint density at radius 2 is 2.47 bits per heavy atom. The molecule has 0 aromatic carbocycles. The van der Waals surface area contributed by atoms with Gasteiger partial charge in [-0.15, -0.1) is 0 Å². The Hall–Kier alpha value is -1.36. The van der Waals surface area contributed by atoms with Crippen LogP contribution in [-0.2, 0) is 18.4 Å². The van der Waals surface area contributed by atoms with Crippen LogP contribution in [0.25, 0.3) is 0 Å². The lowest BCUT2D eigenvalue weighted by molar-refractivity contribution is -0.122. The number of carbonyl (C=O) groups excluding carboxylic acids is 1. The lowest BCUT2D eigenvalue weighted by Gasteiger charge is -2.09. The normalized spacial score (nSPS) is 12.5. The minimum absolute atomic E-state index is 0.0363. The molecule has 15 heavy (non-hydrogen) atoms. The van der Waals surface area contributed by atoms with Crippen LogP contribution >= 0.6 is 0 Å². The Labute approximate surface area is 89.6 Å². The fourth-order valence-electron chi connectivity index (χ4n) is 1.24. The molecule has 5 nitrogen and oxygen atoms in total. The van der Waals surface area contributed by atoms with E-state index in [4.69, 9.17) is 5.73 Å². The summed E-state index contributed by atoms with van der Waals surface area (Å²) in [6.45, 7) is 3.02. The first kappa shape index (κ1) is 11.7. The van der Waals surface area contributed by atoms with Gasteiger partial charge in [-0.05, 0) is 18.5 Å². The highest BCUT2D eigenvalue weighted by Gasteiger charge is 2.07. The van der Waals surface area contributed by atoms with Crippen molar-refractivity contribution in [2.75, 3.05) is 6.54 Å². The first-order valence-electron chi connectivity index (χ1n) is 5.07. The Morgan fingerprint density at radius 3 is 3.00 bits per heavy atom. The minimum atomic E-state index is 0.0363. The van der Waals surface area contributed by atoms with Gasteiger partial charge in [0.25, 0.3) is 0 Å². The Kier molecular flexibility index (Phi) is 4.30. The summed E-state index contributed by atoms with van der Waals surface area (Å²) in [5, 5.41) is 6.85. The second kappa shape index (κ2) is 5.50. The molecular formula is C10H18N4O. The zero-order chi connectivity index (χ0) is 11.3. The second-order valence-corrected chi connectivity index (χ2v) is 3.77. The summed E-state index contributed by atoms with van der Waals surface area (Å²) in [5.74, 6) is 0.269. The van der Waals surface area contributed by atoms with Crippen molar-refractivity contribution >= 4 is 5.91 Å². The van der Waals surface area contributed by atoms with Gasteiger partial charge in [0.15, 0.2) is 0 Å². The lowest BCUT2D eigenvalue weighted by Crippen LogP contribution is -2.27. The molecule has 0 aliphatic heterocycles. The predicted octanol–water partition coefficient (Wildman–Crippen LogP) is 0.0212. The summed E-state index contributed by atoms with van der Waals surface area (Å²) in [5.41, 5.74) is 6.43. The fourth-order valence-corrected chi connectivity index (χ4v) is 1.24. The van der Waals surface area contributed by atoms with Crippen molar-refractivity contribution in [2.45, 2.75) is 19.9 Å². The van der Waals surface area contributed by atoms with Gasteiger partial charge in [0.1, 0.15) is 0 Å². The molecule has 0 radical (unpaired) electrons. The predicted molar refractivity (Wildman–Crippen MR) is 57.9 cm³/mol. The summed E-state index contributed by atoms with van der Waals surface area (Å²) in [4.78, 5) is 11.4. The Balaban J connectivity index is 2.31. The molecule has 1 rings (SSSR count). The van der Waals surface area contributed by atoms with Gasteiger partial charge >= 0.3 is 0 Å². The highest BCUT2D eigenvalue weighted by Crippen LogP contribution is 2.00. The molecule has 3 N–H and O–H groups in total. The molecule has 0 saturated heterocycles. The summed E-state index contributed by atoms with van der Waals surface area (Å²) in [6, 6.07) is 1.88. The van der Waals surface area contributed by atoms with Crippen LogP contribution in [-0.4, -0.2) is 22.2 Å². The largest absolute Gasteiger partial charge is 0.350 e. The second-order valence-electron chi connectivity index (χ2n) is 3.77. The van der Waals surface area contributed by atoms with Crippen molar-refractivity contribution in [3.63, 3.8) is 0 Å². The smallest absolute Gasteiger partial charge is 0.220 e. The van der Waals surface area contributed by atoms with Crippen molar-refractivity contribution in [1.29, 1.82) is 0 Å². The van der Waals surface area contributed by atoms with Gasteiger partial charge in [0.2, 0.25) is 5.91 Å². The van der Waals surface area contributed by atoms with E-state index in [1.807, 2.05) is 20.0 Å². The SMILES string of the molecule is CC(CN)CC(=O)NCc1ccnn1C. The third-order valence-corrected chi connectivity index (χ3v) is 2.33. The van der Waals surface area contributed by atoms with Gasteiger partial charge in [-0.2, -0.15) is 5.10 Å². The van der Waals surface area contributed by atoms with Crippen LogP contribution in [0.3, 0.4) is 0 Å². The number of rotatable bonds is 5. The summed E-state index contributed by atoms with van der Waals surface area (Å²) < 4.78 is 1.74. The van der Waals surface area contributed by atoms with Crippen LogP contribution in [0, 0.1) is 5.92 Å². The van der Waals surface area contributed by atoms with E-state index in [1.165, 1.54) is 0 Å². The zero-order valence-corrected chi connectivity index (χ0v) is 9.23. The molecule has 84 valence electrons. The van der Waals surface area contributed by atoms with Gasteiger partial charge in [-0.1, -0.05) is 6.92 Å². The van der Waals surface area contributed by atoms with Crippen molar-refractivity contribution in [3.8, 4) is 0 Å². The van der Waals surface area contributed by atoms with E-state index in [0.29, 0.717) is 19.5 Å². The highest BCUT2D eigenvalue weighted by molar-refractivity contribution is 5.76. The van der Waals surface area contributed by atoms with Crippen molar-refractivity contribution in [3.05, 3.63) is 18.0 Å². The topological polar surface area (TPSA) is 72.9 Å². The monoisotopic (exact) mass is 210 g/mol. The van der Waals surface area contributed by atoms with E-state index in [0.717, 1.165) is 5.69 Å². The molecule has 0 spiro atoms. The van der Waals surface area contributed by atoms with Crippen molar-refractivity contribution in [2.24, 2.45) is 18.7 Å². The number of hydrogen-bond donors (Lipinski definition) is 2. The van der Waals surface area contributed by atoms with Crippen molar-refractivity contribution < 1.29 is 4.79 Å². The van der Waals surface area contributed by atoms with Gasteiger partial charge in [0, 0.05) is 19.7 Å². The molecule has 1 heterocycles. The van der Waals surface area contributed by atoms with Gasteiger partial charge < -0.3 is 11.1 Å². The van der Waals surface area contributed by atoms with Crippen LogP contribution in [0.1, 0.15) is 19.0 Å². The molecule has 0 fully saturated rings. The van der Waals surface area contributed by atoms with Gasteiger partial charge in [0.05, 0.1) is 12.2 Å². The van der Waals surface area contributed by atoms with Crippen LogP contribution in [0.15, 0.2) is 12.3 Å². The van der Waals surface area contributed by atoms with E-state index >= 15 is 0 Å². The molecule has 1 atom stereocenters. The molecule has 1 aromatic heterocycles. The quantitative estimate of drug-likeness (QED) is 0.719. The third-order valence-electron chi connectivity index (χ3n) is 2.33. The number of aromatic nitrogens is 2. The maximum atomic E-state index is 11.4. The minimum Gasteiger partial charge on any atom is -0.350 e. The molecule has 1 unspecified atom stereocenters. The number of hydrogen-bond acceptors (Lipinski definition) is 3. The van der Waals surface area contributed by atoms with E-state index in [-0.39, 0.29) is 11.8 Å². The number of nitrogens with zero attached hydrogens (tertiary/aromatic N) is 2. The van der Waals surface area contributed by atoms with E-state index in [9.17, 15) is 4.79 Å². The number of carbonyl (C=O) groups is 1. The molecule has 5 heteroatoms. The molecule has 0 aliphatic carbocycles. The third kappa shape index (κ3) is 3.71. The average molecular weight is 210 g/mol. The molecular weight excluding hydrogens is 192 g/mol. The number of nitrogens with two attached hydrogens (primary N) is 1. The summed E-state index contributed by atoms with van der Waals surface area (Å²) in [6.07, 6.45) is 2.19. The summed E-state index contributed by atoms with van der Waals surface area (Å²) in [7, 11) is 1.85. The number of aryl methyl sites for hydroxylation is 1. The van der Waals surface area contributed by atoms with Gasteiger partial charge in [-0.3, -0.25) is 9.48 Å². The van der Waals surface area contributed by atoms with E-state index in [2.05, 4.69) is 10.4 Å². The summed E-state index contributed by atoms with van der Waals surface area (Å²) >= 11 is 0. The van der Waals surface area contributed by atoms with Gasteiger partial charge in [-0.25, -0.2) is 0 Å². The zero-order valence-electron chi connectivity index (χ0n) is 9.23. The van der Waals surface area contributed by atoms with Crippen LogP contribution < -0.4 is 11.1 Å².